The lowest BCUT2D eigenvalue weighted by Gasteiger charge is -2.28. The summed E-state index contributed by atoms with van der Waals surface area (Å²) >= 11 is 0. The van der Waals surface area contributed by atoms with Crippen molar-refractivity contribution in [2.75, 3.05) is 0 Å². The van der Waals surface area contributed by atoms with Crippen LogP contribution in [0.15, 0.2) is 212 Å². The van der Waals surface area contributed by atoms with Crippen LogP contribution in [0.3, 0.4) is 0 Å². The number of nitrogens with zero attached hydrogens (tertiary/aromatic N) is 3. The van der Waals surface area contributed by atoms with Crippen LogP contribution in [0, 0.1) is 6.92 Å². The van der Waals surface area contributed by atoms with Crippen LogP contribution in [0.5, 0.6) is 0 Å². The van der Waals surface area contributed by atoms with Crippen LogP contribution in [-0.4, -0.2) is 13.7 Å². The molecule has 3 heteroatoms. The molecule has 0 amide bonds. The van der Waals surface area contributed by atoms with Gasteiger partial charge in [-0.05, 0) is 159 Å². The molecule has 3 nitrogen and oxygen atoms in total. The Labute approximate surface area is 414 Å². The van der Waals surface area contributed by atoms with Gasteiger partial charge < -0.3 is 13.7 Å². The smallest absolute Gasteiger partial charge is 0.0544 e. The molecule has 71 heavy (non-hydrogen) atoms. The molecule has 0 radical (unpaired) electrons. The highest BCUT2D eigenvalue weighted by Gasteiger charge is 2.36. The quantitative estimate of drug-likeness (QED) is 0.158. The molecular weight excluding hydrogens is 859 g/mol. The van der Waals surface area contributed by atoms with Gasteiger partial charge in [0.25, 0.3) is 0 Å². The van der Waals surface area contributed by atoms with Crippen LogP contribution in [0.1, 0.15) is 55.5 Å². The van der Waals surface area contributed by atoms with Crippen LogP contribution < -0.4 is 0 Å². The Kier molecular flexibility index (Phi) is 8.81. The van der Waals surface area contributed by atoms with Gasteiger partial charge in [-0.1, -0.05) is 149 Å². The number of aromatic nitrogens is 3. The van der Waals surface area contributed by atoms with Crippen molar-refractivity contribution in [3.63, 3.8) is 0 Å². The molecule has 1 aliphatic carbocycles. The van der Waals surface area contributed by atoms with Crippen molar-refractivity contribution in [1.29, 1.82) is 0 Å². The van der Waals surface area contributed by atoms with Gasteiger partial charge in [-0.25, -0.2) is 0 Å². The van der Waals surface area contributed by atoms with E-state index in [0.29, 0.717) is 0 Å². The molecule has 0 unspecified atom stereocenters. The molecular formula is C68H53N3. The van der Waals surface area contributed by atoms with Crippen LogP contribution in [-0.2, 0) is 17.9 Å². The summed E-state index contributed by atoms with van der Waals surface area (Å²) in [6.07, 6.45) is 0. The van der Waals surface area contributed by atoms with Crippen LogP contribution in [0.4, 0.5) is 0 Å². The summed E-state index contributed by atoms with van der Waals surface area (Å²) in [5.74, 6) is 0. The number of para-hydroxylation sites is 2. The third-order valence-corrected chi connectivity index (χ3v) is 16.5. The Morgan fingerprint density at radius 1 is 0.366 bits per heavy atom. The van der Waals surface area contributed by atoms with E-state index in [2.05, 4.69) is 268 Å². The lowest BCUT2D eigenvalue weighted by molar-refractivity contribution is 0.637. The van der Waals surface area contributed by atoms with Crippen LogP contribution in [0.2, 0.25) is 0 Å². The van der Waals surface area contributed by atoms with E-state index in [4.69, 9.17) is 0 Å². The van der Waals surface area contributed by atoms with Gasteiger partial charge in [0, 0.05) is 72.6 Å². The predicted octanol–water partition coefficient (Wildman–Crippen LogP) is 17.8. The van der Waals surface area contributed by atoms with Gasteiger partial charge in [-0.15, -0.1) is 0 Å². The second-order valence-electron chi connectivity index (χ2n) is 21.1. The molecule has 13 aromatic rings. The Bertz CT molecular complexity index is 4340. The maximum Gasteiger partial charge on any atom is 0.0544 e. The highest BCUT2D eigenvalue weighted by Crippen LogP contribution is 2.51. The van der Waals surface area contributed by atoms with Crippen molar-refractivity contribution < 1.29 is 0 Å². The van der Waals surface area contributed by atoms with E-state index >= 15 is 0 Å². The van der Waals surface area contributed by atoms with Gasteiger partial charge in [0.05, 0.1) is 22.1 Å². The number of benzene rings is 10. The molecule has 10 aromatic carbocycles. The lowest BCUT2D eigenvalue weighted by Crippen LogP contribution is -2.20. The van der Waals surface area contributed by atoms with Gasteiger partial charge >= 0.3 is 0 Å². The Balaban J connectivity index is 0.908. The zero-order valence-electron chi connectivity index (χ0n) is 41.0. The zero-order valence-corrected chi connectivity index (χ0v) is 41.0. The van der Waals surface area contributed by atoms with Gasteiger partial charge in [0.15, 0.2) is 0 Å². The molecule has 3 aromatic heterocycles. The summed E-state index contributed by atoms with van der Waals surface area (Å²) < 4.78 is 7.26. The van der Waals surface area contributed by atoms with Crippen molar-refractivity contribution in [3.8, 4) is 44.8 Å². The lowest BCUT2D eigenvalue weighted by atomic mass is 9.76. The third-order valence-electron chi connectivity index (χ3n) is 16.5. The fourth-order valence-electron chi connectivity index (χ4n) is 12.7. The van der Waals surface area contributed by atoms with E-state index in [1.807, 2.05) is 0 Å². The molecule has 14 rings (SSSR count). The van der Waals surface area contributed by atoms with E-state index < -0.39 is 0 Å². The first kappa shape index (κ1) is 41.6. The van der Waals surface area contributed by atoms with E-state index in [9.17, 15) is 0 Å². The average molecular weight is 912 g/mol. The molecule has 0 N–H and O–H groups in total. The summed E-state index contributed by atoms with van der Waals surface area (Å²) in [7, 11) is 2.20. The topological polar surface area (TPSA) is 14.8 Å². The normalized spacial score (nSPS) is 13.3. The second kappa shape index (κ2) is 15.1. The van der Waals surface area contributed by atoms with Crippen molar-refractivity contribution in [2.24, 2.45) is 7.05 Å². The van der Waals surface area contributed by atoms with Crippen LogP contribution >= 0.6 is 0 Å². The van der Waals surface area contributed by atoms with Gasteiger partial charge in [-0.2, -0.15) is 0 Å². The van der Waals surface area contributed by atoms with E-state index in [0.717, 1.165) is 0 Å². The Morgan fingerprint density at radius 2 is 0.831 bits per heavy atom. The summed E-state index contributed by atoms with van der Waals surface area (Å²) in [6, 6.07) is 79.7. The number of hydrogen-bond acceptors (Lipinski definition) is 0. The van der Waals surface area contributed by atoms with Crippen molar-refractivity contribution in [1.82, 2.24) is 13.7 Å². The standard InChI is InChI=1S/C68H53N3/c1-42-17-13-15-23-58(42)67(2,3)47-29-30-51-53-35-45(27-33-63(53)70(65(51)39-47)48-18-9-7-10-19-48)43-25-31-61-54(36-43)55-37-44(26-32-62(55)69(61)6)46-28-34-64-56(38-46)57-40-52-50-22-14-16-24-59(50)68(4,5)60(52)41-66(57)71(64)49-20-11-8-12-21-49/h7-41H,1-6H3. The summed E-state index contributed by atoms with van der Waals surface area (Å²) in [6.45, 7) is 11.7. The number of fused-ring (bicyclic) bond motifs is 12. The summed E-state index contributed by atoms with van der Waals surface area (Å²) in [5.41, 5.74) is 23.7. The molecule has 340 valence electrons. The molecule has 0 aliphatic heterocycles. The van der Waals surface area contributed by atoms with Gasteiger partial charge in [-0.3, -0.25) is 0 Å². The first-order valence-corrected chi connectivity index (χ1v) is 25.1. The maximum absolute atomic E-state index is 2.47. The predicted molar refractivity (Wildman–Crippen MR) is 301 cm³/mol. The molecule has 0 saturated carbocycles. The van der Waals surface area contributed by atoms with Gasteiger partial charge in [0.1, 0.15) is 0 Å². The minimum atomic E-state index is -0.170. The molecule has 0 fully saturated rings. The Hall–Kier alpha value is -8.40. The highest BCUT2D eigenvalue weighted by atomic mass is 15.0. The van der Waals surface area contributed by atoms with Crippen molar-refractivity contribution in [3.05, 3.63) is 240 Å². The Morgan fingerprint density at radius 3 is 1.41 bits per heavy atom. The SMILES string of the molecule is Cc1ccccc1C(C)(C)c1ccc2c3cc(-c4ccc5c(c4)c4cc(-c6ccc7c(c6)c6cc8c(cc6n7-c6ccccc6)C(C)(C)c6ccccc6-8)ccc4n5C)ccc3n(-c3ccccc3)c2c1. The van der Waals surface area contributed by atoms with E-state index in [-0.39, 0.29) is 10.8 Å². The van der Waals surface area contributed by atoms with Crippen molar-refractivity contribution >= 4 is 65.4 Å². The minimum Gasteiger partial charge on any atom is -0.344 e. The number of hydrogen-bond donors (Lipinski definition) is 0. The molecule has 0 spiro atoms. The number of rotatable bonds is 6. The largest absolute Gasteiger partial charge is 0.344 e. The first-order valence-electron chi connectivity index (χ1n) is 25.1. The van der Waals surface area contributed by atoms with E-state index in [1.54, 1.807) is 0 Å². The zero-order chi connectivity index (χ0) is 47.9. The van der Waals surface area contributed by atoms with E-state index in [1.165, 1.54) is 138 Å². The molecule has 0 bridgehead atoms. The summed E-state index contributed by atoms with van der Waals surface area (Å²) in [5, 5.41) is 7.58. The third kappa shape index (κ3) is 6.02. The van der Waals surface area contributed by atoms with Crippen molar-refractivity contribution in [2.45, 2.75) is 45.4 Å². The maximum atomic E-state index is 2.47. The molecule has 1 aliphatic rings. The average Bonchev–Trinajstić information content (AvgIpc) is 4.07. The fourth-order valence-corrected chi connectivity index (χ4v) is 12.7. The summed E-state index contributed by atoms with van der Waals surface area (Å²) in [4.78, 5) is 0. The monoisotopic (exact) mass is 911 g/mol. The first-order chi connectivity index (χ1) is 34.5. The van der Waals surface area contributed by atoms with Gasteiger partial charge in [0.2, 0.25) is 0 Å². The fraction of sp³-hybridized carbons (Fsp3) is 0.118. The minimum absolute atomic E-state index is 0.0865. The second-order valence-corrected chi connectivity index (χ2v) is 21.1. The molecule has 0 saturated heterocycles. The highest BCUT2D eigenvalue weighted by molar-refractivity contribution is 6.15. The van der Waals surface area contributed by atoms with Crippen LogP contribution in [0.25, 0.3) is 110 Å². The molecule has 0 atom stereocenters. The molecule has 3 heterocycles. The number of aryl methyl sites for hydroxylation is 2.